The summed E-state index contributed by atoms with van der Waals surface area (Å²) in [6.45, 7) is 4.73. The van der Waals surface area contributed by atoms with E-state index >= 15 is 0 Å². The lowest BCUT2D eigenvalue weighted by molar-refractivity contribution is -0.130. The maximum Gasteiger partial charge on any atom is 0.251 e. The normalized spacial score (nSPS) is 20.2. The Labute approximate surface area is 150 Å². The molecule has 134 valence electrons. The maximum absolute atomic E-state index is 12.8. The zero-order chi connectivity index (χ0) is 17.8. The molecule has 3 rings (SSSR count). The Balaban J connectivity index is 1.60. The van der Waals surface area contributed by atoms with Crippen molar-refractivity contribution in [1.29, 1.82) is 0 Å². The summed E-state index contributed by atoms with van der Waals surface area (Å²) in [6, 6.07) is 10.5. The summed E-state index contributed by atoms with van der Waals surface area (Å²) in [5, 5.41) is 2.97. The second kappa shape index (κ2) is 7.85. The summed E-state index contributed by atoms with van der Waals surface area (Å²) in [6.07, 6.45) is 5.34. The molecule has 0 saturated heterocycles. The van der Waals surface area contributed by atoms with Gasteiger partial charge in [0.2, 0.25) is 5.91 Å². The van der Waals surface area contributed by atoms with Crippen LogP contribution >= 0.6 is 0 Å². The van der Waals surface area contributed by atoms with Crippen molar-refractivity contribution in [1.82, 2.24) is 10.2 Å². The molecular weight excluding hydrogens is 312 g/mol. The second-order valence-corrected chi connectivity index (χ2v) is 7.33. The molecule has 1 heterocycles. The number of amides is 2. The van der Waals surface area contributed by atoms with E-state index in [9.17, 15) is 9.59 Å². The molecule has 0 spiro atoms. The molecule has 1 N–H and O–H groups in total. The van der Waals surface area contributed by atoms with Gasteiger partial charge in [-0.2, -0.15) is 0 Å². The van der Waals surface area contributed by atoms with Crippen LogP contribution in [0.3, 0.4) is 0 Å². The number of hydrogen-bond donors (Lipinski definition) is 1. The van der Waals surface area contributed by atoms with Gasteiger partial charge < -0.3 is 10.2 Å². The predicted molar refractivity (Wildman–Crippen MR) is 99.0 cm³/mol. The van der Waals surface area contributed by atoms with Gasteiger partial charge in [0.1, 0.15) is 0 Å². The molecule has 4 heteroatoms. The third kappa shape index (κ3) is 3.94. The summed E-state index contributed by atoms with van der Waals surface area (Å²) < 4.78 is 0. The molecule has 2 amide bonds. The molecule has 25 heavy (non-hydrogen) atoms. The third-order valence-corrected chi connectivity index (χ3v) is 5.26. The molecule has 1 fully saturated rings. The van der Waals surface area contributed by atoms with Crippen molar-refractivity contribution in [2.75, 3.05) is 6.54 Å². The molecule has 0 aromatic heterocycles. The summed E-state index contributed by atoms with van der Waals surface area (Å²) in [7, 11) is 0. The van der Waals surface area contributed by atoms with Gasteiger partial charge in [-0.3, -0.25) is 9.59 Å². The second-order valence-electron chi connectivity index (χ2n) is 7.33. The maximum atomic E-state index is 12.8. The standard InChI is InChI=1S/C21H28N2O2/c1-15(2)23-19-11-7-6-10-17(19)18(21(23)25)14-20(24)22-13-12-16-8-4-3-5-9-16/h3-5,8-9,15,19H,6-7,10-14H2,1-2H3,(H,22,24). The Morgan fingerprint density at radius 1 is 1.24 bits per heavy atom. The lowest BCUT2D eigenvalue weighted by atomic mass is 9.88. The zero-order valence-electron chi connectivity index (χ0n) is 15.3. The van der Waals surface area contributed by atoms with Crippen molar-refractivity contribution in [3.8, 4) is 0 Å². The van der Waals surface area contributed by atoms with Crippen molar-refractivity contribution in [3.63, 3.8) is 0 Å². The van der Waals surface area contributed by atoms with Crippen LogP contribution in [0.5, 0.6) is 0 Å². The SMILES string of the molecule is CC(C)N1C(=O)C(CC(=O)NCCc2ccccc2)=C2CCCCC21. The van der Waals surface area contributed by atoms with E-state index in [1.165, 1.54) is 17.6 Å². The highest BCUT2D eigenvalue weighted by Gasteiger charge is 2.41. The Morgan fingerprint density at radius 2 is 2.00 bits per heavy atom. The molecule has 0 radical (unpaired) electrons. The van der Waals surface area contributed by atoms with E-state index < -0.39 is 0 Å². The molecule has 1 aromatic rings. The first-order valence-corrected chi connectivity index (χ1v) is 9.43. The highest BCUT2D eigenvalue weighted by molar-refractivity contribution is 6.02. The first-order chi connectivity index (χ1) is 12.1. The quantitative estimate of drug-likeness (QED) is 0.864. The zero-order valence-corrected chi connectivity index (χ0v) is 15.3. The molecule has 1 aliphatic carbocycles. The summed E-state index contributed by atoms with van der Waals surface area (Å²) >= 11 is 0. The molecule has 0 bridgehead atoms. The molecule has 1 aliphatic heterocycles. The van der Waals surface area contributed by atoms with Gasteiger partial charge >= 0.3 is 0 Å². The lowest BCUT2D eigenvalue weighted by Crippen LogP contribution is -2.41. The van der Waals surface area contributed by atoms with E-state index in [0.29, 0.717) is 6.54 Å². The van der Waals surface area contributed by atoms with Crippen LogP contribution in [0.25, 0.3) is 0 Å². The fraction of sp³-hybridized carbons (Fsp3) is 0.524. The van der Waals surface area contributed by atoms with E-state index in [1.54, 1.807) is 0 Å². The monoisotopic (exact) mass is 340 g/mol. The van der Waals surface area contributed by atoms with Crippen molar-refractivity contribution in [2.24, 2.45) is 0 Å². The molecule has 1 atom stereocenters. The van der Waals surface area contributed by atoms with Crippen LogP contribution < -0.4 is 5.32 Å². The highest BCUT2D eigenvalue weighted by Crippen LogP contribution is 2.38. The minimum absolute atomic E-state index is 0.0401. The van der Waals surface area contributed by atoms with Gasteiger partial charge in [-0.15, -0.1) is 0 Å². The molecule has 2 aliphatic rings. The van der Waals surface area contributed by atoms with Gasteiger partial charge in [-0.25, -0.2) is 0 Å². The number of carbonyl (C=O) groups is 2. The Kier molecular flexibility index (Phi) is 5.57. The molecular formula is C21H28N2O2. The van der Waals surface area contributed by atoms with Crippen molar-refractivity contribution in [3.05, 3.63) is 47.0 Å². The van der Waals surface area contributed by atoms with Crippen molar-refractivity contribution < 1.29 is 9.59 Å². The number of hydrogen-bond acceptors (Lipinski definition) is 2. The fourth-order valence-electron chi connectivity index (χ4n) is 4.09. The van der Waals surface area contributed by atoms with E-state index in [4.69, 9.17) is 0 Å². The van der Waals surface area contributed by atoms with E-state index in [0.717, 1.165) is 31.3 Å². The number of carbonyl (C=O) groups excluding carboxylic acids is 2. The minimum Gasteiger partial charge on any atom is -0.355 e. The van der Waals surface area contributed by atoms with Crippen LogP contribution in [0, 0.1) is 0 Å². The van der Waals surface area contributed by atoms with Crippen LogP contribution in [0.1, 0.15) is 51.5 Å². The van der Waals surface area contributed by atoms with Crippen LogP contribution in [-0.2, 0) is 16.0 Å². The third-order valence-electron chi connectivity index (χ3n) is 5.26. The van der Waals surface area contributed by atoms with Gasteiger partial charge in [0.15, 0.2) is 0 Å². The average molecular weight is 340 g/mol. The van der Waals surface area contributed by atoms with Gasteiger partial charge in [0.05, 0.1) is 12.5 Å². The highest BCUT2D eigenvalue weighted by atomic mass is 16.2. The molecule has 1 aromatic carbocycles. The molecule has 1 saturated carbocycles. The van der Waals surface area contributed by atoms with Gasteiger partial charge in [-0.05, 0) is 50.7 Å². The van der Waals surface area contributed by atoms with E-state index in [2.05, 4.69) is 31.3 Å². The number of rotatable bonds is 6. The van der Waals surface area contributed by atoms with Crippen molar-refractivity contribution >= 4 is 11.8 Å². The van der Waals surface area contributed by atoms with Gasteiger partial charge in [0.25, 0.3) is 5.91 Å². The van der Waals surface area contributed by atoms with Crippen LogP contribution in [0.4, 0.5) is 0 Å². The summed E-state index contributed by atoms with van der Waals surface area (Å²) in [5.41, 5.74) is 3.19. The smallest absolute Gasteiger partial charge is 0.251 e. The molecule has 1 unspecified atom stereocenters. The van der Waals surface area contributed by atoms with E-state index in [-0.39, 0.29) is 30.3 Å². The first-order valence-electron chi connectivity index (χ1n) is 9.43. The number of benzene rings is 1. The number of nitrogens with zero attached hydrogens (tertiary/aromatic N) is 1. The van der Waals surface area contributed by atoms with E-state index in [1.807, 2.05) is 23.1 Å². The number of nitrogens with one attached hydrogen (secondary N) is 1. The Morgan fingerprint density at radius 3 is 2.72 bits per heavy atom. The van der Waals surface area contributed by atoms with Crippen LogP contribution in [-0.4, -0.2) is 35.3 Å². The average Bonchev–Trinajstić information content (AvgIpc) is 2.88. The molecule has 4 nitrogen and oxygen atoms in total. The fourth-order valence-corrected chi connectivity index (χ4v) is 4.09. The first kappa shape index (κ1) is 17.7. The number of fused-ring (bicyclic) bond motifs is 1. The van der Waals surface area contributed by atoms with Crippen LogP contribution in [0.2, 0.25) is 0 Å². The topological polar surface area (TPSA) is 49.4 Å². The summed E-state index contributed by atoms with van der Waals surface area (Å²) in [5.74, 6) is 0.0387. The van der Waals surface area contributed by atoms with Gasteiger partial charge in [-0.1, -0.05) is 36.8 Å². The largest absolute Gasteiger partial charge is 0.355 e. The van der Waals surface area contributed by atoms with Crippen molar-refractivity contribution in [2.45, 2.75) is 64.5 Å². The summed E-state index contributed by atoms with van der Waals surface area (Å²) in [4.78, 5) is 27.2. The predicted octanol–water partition coefficient (Wildman–Crippen LogP) is 3.23. The minimum atomic E-state index is -0.0401. The van der Waals surface area contributed by atoms with Gasteiger partial charge in [0, 0.05) is 18.2 Å². The Hall–Kier alpha value is -2.10. The Bertz CT molecular complexity index is 664. The lowest BCUT2D eigenvalue weighted by Gasteiger charge is -2.33. The van der Waals surface area contributed by atoms with Crippen LogP contribution in [0.15, 0.2) is 41.5 Å².